The molecule has 0 aliphatic heterocycles. The zero-order valence-electron chi connectivity index (χ0n) is 30.7. The van der Waals surface area contributed by atoms with Gasteiger partial charge in [0, 0.05) is 29.6 Å². The number of ketones is 2. The lowest BCUT2D eigenvalue weighted by atomic mass is 9.46. The Labute approximate surface area is 323 Å². The highest BCUT2D eigenvalue weighted by Gasteiger charge is 2.76. The van der Waals surface area contributed by atoms with Crippen LogP contribution in [-0.4, -0.2) is 105 Å². The molecule has 4 unspecified atom stereocenters. The fourth-order valence-corrected chi connectivity index (χ4v) is 9.63. The lowest BCUT2D eigenvalue weighted by molar-refractivity contribution is -0.790. The van der Waals surface area contributed by atoms with Crippen molar-refractivity contribution >= 4 is 41.1 Å². The van der Waals surface area contributed by atoms with Crippen LogP contribution in [0.25, 0.3) is 0 Å². The normalized spacial score (nSPS) is 32.5. The van der Waals surface area contributed by atoms with Gasteiger partial charge in [-0.3, -0.25) is 24.0 Å². The van der Waals surface area contributed by atoms with Crippen molar-refractivity contribution in [2.45, 2.75) is 94.4 Å². The van der Waals surface area contributed by atoms with Gasteiger partial charge in [0.15, 0.2) is 24.1 Å². The SMILES string of the molecule is C[C@H]1CC2C3CC=C4CC(=O)C=C[C@]4(C)[C@@]3(Cl)[C@@H](O)C[C@]2(C)[C@@]1(OC(=O)CCCO[N+](=O)[O-])C(=O)COC(=O)CC(N)C(=O)OCC(CO[N+](=O)[O-])O[N+](=O)[O-]. The van der Waals surface area contributed by atoms with Crippen LogP contribution in [0.3, 0.4) is 0 Å². The Morgan fingerprint density at radius 1 is 1.02 bits per heavy atom. The van der Waals surface area contributed by atoms with Crippen LogP contribution in [0.15, 0.2) is 23.8 Å². The highest BCUT2D eigenvalue weighted by Crippen LogP contribution is 2.71. The summed E-state index contributed by atoms with van der Waals surface area (Å²) in [5.74, 6) is -6.06. The summed E-state index contributed by atoms with van der Waals surface area (Å²) < 4.78 is 16.1. The first-order valence-electron chi connectivity index (χ1n) is 17.6. The van der Waals surface area contributed by atoms with Crippen molar-refractivity contribution < 1.29 is 73.1 Å². The smallest absolute Gasteiger partial charge is 0.323 e. The van der Waals surface area contributed by atoms with Crippen molar-refractivity contribution in [2.24, 2.45) is 34.3 Å². The lowest BCUT2D eigenvalue weighted by Crippen LogP contribution is -2.69. The number of carbonyl (C=O) groups excluding carboxylic acids is 5. The third-order valence-corrected chi connectivity index (χ3v) is 12.5. The van der Waals surface area contributed by atoms with Crippen LogP contribution < -0.4 is 5.73 Å². The van der Waals surface area contributed by atoms with E-state index in [4.69, 9.17) is 31.5 Å². The van der Waals surface area contributed by atoms with Crippen molar-refractivity contribution in [1.29, 1.82) is 0 Å². The molecule has 0 aromatic heterocycles. The lowest BCUT2D eigenvalue weighted by Gasteiger charge is -2.63. The van der Waals surface area contributed by atoms with Crippen LogP contribution in [0.1, 0.15) is 65.7 Å². The highest BCUT2D eigenvalue weighted by atomic mass is 35.5. The molecular formula is C33H43ClN4O18. The second-order valence-corrected chi connectivity index (χ2v) is 15.4. The van der Waals surface area contributed by atoms with E-state index in [0.29, 0.717) is 6.42 Å². The van der Waals surface area contributed by atoms with Gasteiger partial charge in [0.25, 0.3) is 15.3 Å². The Bertz CT molecular complexity index is 1690. The third-order valence-electron chi connectivity index (χ3n) is 11.6. The fourth-order valence-electron chi connectivity index (χ4n) is 9.12. The van der Waals surface area contributed by atoms with Crippen LogP contribution in [-0.2, 0) is 52.7 Å². The van der Waals surface area contributed by atoms with Gasteiger partial charge in [0.2, 0.25) is 5.78 Å². The number of aliphatic hydroxyl groups excluding tert-OH is 1. The first kappa shape index (κ1) is 43.8. The maximum atomic E-state index is 14.5. The van der Waals surface area contributed by atoms with E-state index in [0.717, 1.165) is 5.57 Å². The van der Waals surface area contributed by atoms with Crippen molar-refractivity contribution in [1.82, 2.24) is 0 Å². The van der Waals surface area contributed by atoms with Crippen molar-refractivity contribution in [3.63, 3.8) is 0 Å². The number of carbonyl (C=O) groups is 5. The monoisotopic (exact) mass is 818 g/mol. The fraction of sp³-hybridized carbons (Fsp3) is 0.727. The van der Waals surface area contributed by atoms with Crippen LogP contribution in [0.5, 0.6) is 0 Å². The first-order valence-corrected chi connectivity index (χ1v) is 18.0. The number of Topliss-reactive ketones (excluding diaryl/α,β-unsaturated/α-hetero) is 1. The molecule has 2 fully saturated rings. The molecule has 22 nitrogen and oxygen atoms in total. The predicted octanol–water partition coefficient (Wildman–Crippen LogP) is 1.30. The number of nitrogens with two attached hydrogens (primary N) is 1. The molecule has 3 N–H and O–H groups in total. The third kappa shape index (κ3) is 8.41. The van der Waals surface area contributed by atoms with Crippen molar-refractivity contribution in [2.75, 3.05) is 26.4 Å². The summed E-state index contributed by atoms with van der Waals surface area (Å²) >= 11 is 7.52. The number of halogens is 1. The molecule has 10 atom stereocenters. The molecule has 0 amide bonds. The minimum absolute atomic E-state index is 0.110. The van der Waals surface area contributed by atoms with Gasteiger partial charge in [-0.25, -0.2) is 0 Å². The molecule has 0 aromatic rings. The number of rotatable bonds is 19. The van der Waals surface area contributed by atoms with Crippen molar-refractivity contribution in [3.05, 3.63) is 54.1 Å². The van der Waals surface area contributed by atoms with E-state index in [1.54, 1.807) is 19.9 Å². The van der Waals surface area contributed by atoms with Gasteiger partial charge >= 0.3 is 17.9 Å². The molecule has 4 aliphatic carbocycles. The number of hydrogen-bond acceptors (Lipinski definition) is 19. The quantitative estimate of drug-likeness (QED) is 0.0353. The molecule has 0 saturated heterocycles. The second kappa shape index (κ2) is 17.0. The number of hydrogen-bond donors (Lipinski definition) is 2. The molecule has 0 heterocycles. The van der Waals surface area contributed by atoms with Gasteiger partial charge in [0.05, 0.1) is 24.0 Å². The van der Waals surface area contributed by atoms with Crippen LogP contribution in [0.2, 0.25) is 0 Å². The molecule has 4 aliphatic rings. The Balaban J connectivity index is 1.54. The van der Waals surface area contributed by atoms with E-state index in [2.05, 4.69) is 14.5 Å². The van der Waals surface area contributed by atoms with Gasteiger partial charge in [-0.15, -0.1) is 41.9 Å². The second-order valence-electron chi connectivity index (χ2n) is 14.8. The standard InChI is InChI=1S/C33H43ClN4O18/c1-18-11-23-22-7-6-19-12-20(39)8-9-30(19,2)32(22,34)25(40)14-31(23,3)33(18,55-27(42)5-4-10-53-36(45)46)26(41)17-51-28(43)13-24(35)29(44)52-15-21(56-38(49)50)16-54-37(47)48/h6,8-9,18,21-25,40H,4-5,7,10-17,35H2,1-3H3/t18-,21?,22?,23?,24?,25-,30-,31-,32-,33-/m0/s1. The van der Waals surface area contributed by atoms with Gasteiger partial charge in [-0.1, -0.05) is 38.5 Å². The molecule has 2 saturated carbocycles. The molecule has 56 heavy (non-hydrogen) atoms. The molecule has 4 rings (SSSR count). The Hall–Kier alpha value is -4.96. The zero-order chi connectivity index (χ0) is 41.8. The number of esters is 3. The predicted molar refractivity (Wildman–Crippen MR) is 183 cm³/mol. The summed E-state index contributed by atoms with van der Waals surface area (Å²) in [7, 11) is 0. The average Bonchev–Trinajstić information content (AvgIpc) is 3.32. The molecule has 310 valence electrons. The molecule has 0 radical (unpaired) electrons. The summed E-state index contributed by atoms with van der Waals surface area (Å²) in [5.41, 5.74) is 2.23. The number of fused-ring (bicyclic) bond motifs is 5. The highest BCUT2D eigenvalue weighted by molar-refractivity contribution is 6.26. The molecule has 0 aromatic carbocycles. The van der Waals surface area contributed by atoms with Crippen molar-refractivity contribution in [3.8, 4) is 0 Å². The molecule has 0 bridgehead atoms. The number of ether oxygens (including phenoxy) is 3. The Kier molecular flexibility index (Phi) is 13.3. The first-order chi connectivity index (χ1) is 26.1. The summed E-state index contributed by atoms with van der Waals surface area (Å²) in [4.78, 5) is 108. The van der Waals surface area contributed by atoms with E-state index in [9.17, 15) is 59.4 Å². The van der Waals surface area contributed by atoms with Crippen LogP contribution >= 0.6 is 11.6 Å². The van der Waals surface area contributed by atoms with E-state index >= 15 is 0 Å². The largest absolute Gasteiger partial charge is 0.462 e. The van der Waals surface area contributed by atoms with Gasteiger partial charge in [-0.2, -0.15) is 0 Å². The number of alkyl halides is 1. The van der Waals surface area contributed by atoms with Crippen LogP contribution in [0, 0.1) is 58.9 Å². The summed E-state index contributed by atoms with van der Waals surface area (Å²) in [6.45, 7) is 1.88. The van der Waals surface area contributed by atoms with Gasteiger partial charge in [-0.05, 0) is 43.6 Å². The molecule has 0 spiro atoms. The number of allylic oxidation sites excluding steroid dienone is 4. The topological polar surface area (TPSA) is 316 Å². The van der Waals surface area contributed by atoms with E-state index < -0.39 is 136 Å². The average molecular weight is 819 g/mol. The summed E-state index contributed by atoms with van der Waals surface area (Å²) in [6, 6.07) is -1.73. The molecule has 23 heteroatoms. The summed E-state index contributed by atoms with van der Waals surface area (Å²) in [6.07, 6.45) is 1.21. The zero-order valence-corrected chi connectivity index (χ0v) is 31.4. The number of nitrogens with zero attached hydrogens (tertiary/aromatic N) is 3. The Morgan fingerprint density at radius 3 is 2.34 bits per heavy atom. The van der Waals surface area contributed by atoms with Crippen LogP contribution in [0.4, 0.5) is 0 Å². The van der Waals surface area contributed by atoms with E-state index in [-0.39, 0.29) is 31.5 Å². The van der Waals surface area contributed by atoms with E-state index in [1.807, 2.05) is 13.0 Å². The number of aliphatic hydroxyl groups is 1. The maximum absolute atomic E-state index is 14.5. The minimum Gasteiger partial charge on any atom is -0.462 e. The minimum atomic E-state index is -2.03. The summed E-state index contributed by atoms with van der Waals surface area (Å²) in [5, 5.41) is 40.1. The van der Waals surface area contributed by atoms with Gasteiger partial charge in [0.1, 0.15) is 19.3 Å². The maximum Gasteiger partial charge on any atom is 0.323 e. The molecular weight excluding hydrogens is 776 g/mol. The van der Waals surface area contributed by atoms with Gasteiger partial charge < -0.3 is 39.6 Å². The van der Waals surface area contributed by atoms with E-state index in [1.165, 1.54) is 6.08 Å². The Morgan fingerprint density at radius 2 is 1.70 bits per heavy atom.